The van der Waals surface area contributed by atoms with E-state index >= 15 is 0 Å². The van der Waals surface area contributed by atoms with Crippen molar-refractivity contribution in [2.24, 2.45) is 0 Å². The molecule has 2 amide bonds. The highest BCUT2D eigenvalue weighted by Gasteiger charge is 2.44. The summed E-state index contributed by atoms with van der Waals surface area (Å²) in [7, 11) is 0. The van der Waals surface area contributed by atoms with Crippen molar-refractivity contribution in [1.29, 1.82) is 0 Å². The van der Waals surface area contributed by atoms with Gasteiger partial charge in [-0.3, -0.25) is 0 Å². The van der Waals surface area contributed by atoms with E-state index in [0.29, 0.717) is 19.0 Å². The summed E-state index contributed by atoms with van der Waals surface area (Å²) in [5, 5.41) is 3.06. The molecule has 136 valence electrons. The number of amides is 2. The molecule has 4 rings (SSSR count). The highest BCUT2D eigenvalue weighted by atomic mass is 16.2. The van der Waals surface area contributed by atoms with E-state index in [1.165, 1.54) is 11.1 Å². The molecule has 1 aromatic carbocycles. The molecule has 2 heterocycles. The minimum atomic E-state index is -0.0636. The molecule has 6 heteroatoms. The summed E-state index contributed by atoms with van der Waals surface area (Å²) in [4.78, 5) is 23.3. The lowest BCUT2D eigenvalue weighted by Gasteiger charge is -2.40. The summed E-state index contributed by atoms with van der Waals surface area (Å²) in [6.45, 7) is 4.10. The van der Waals surface area contributed by atoms with Gasteiger partial charge in [-0.05, 0) is 43.7 Å². The van der Waals surface area contributed by atoms with Crippen LogP contribution in [0.3, 0.4) is 0 Å². The van der Waals surface area contributed by atoms with Gasteiger partial charge in [0.1, 0.15) is 0 Å². The van der Waals surface area contributed by atoms with Gasteiger partial charge in [0.25, 0.3) is 0 Å². The van der Waals surface area contributed by atoms with E-state index in [-0.39, 0.29) is 11.4 Å². The van der Waals surface area contributed by atoms with Crippen LogP contribution >= 0.6 is 0 Å². The molecule has 1 aliphatic heterocycles. The number of benzene rings is 1. The van der Waals surface area contributed by atoms with Gasteiger partial charge in [-0.1, -0.05) is 29.8 Å². The van der Waals surface area contributed by atoms with Crippen LogP contribution in [0.5, 0.6) is 0 Å². The van der Waals surface area contributed by atoms with E-state index in [9.17, 15) is 4.79 Å². The number of hydrogen-bond donors (Lipinski definition) is 2. The number of carbonyl (C=O) groups is 1. The van der Waals surface area contributed by atoms with Gasteiger partial charge in [-0.25, -0.2) is 14.8 Å². The van der Waals surface area contributed by atoms with Crippen molar-refractivity contribution in [2.75, 3.05) is 18.8 Å². The van der Waals surface area contributed by atoms with Crippen LogP contribution < -0.4 is 11.1 Å². The van der Waals surface area contributed by atoms with Gasteiger partial charge in [-0.2, -0.15) is 0 Å². The average Bonchev–Trinajstić information content (AvgIpc) is 2.98. The number of piperidine rings is 1. The average molecular weight is 351 g/mol. The molecule has 1 atom stereocenters. The predicted octanol–water partition coefficient (Wildman–Crippen LogP) is 2.56. The molecule has 1 aliphatic carbocycles. The summed E-state index contributed by atoms with van der Waals surface area (Å²) >= 11 is 0. The number of urea groups is 1. The Morgan fingerprint density at radius 2 is 2.12 bits per heavy atom. The first kappa shape index (κ1) is 16.8. The van der Waals surface area contributed by atoms with Crippen LogP contribution in [0.15, 0.2) is 30.5 Å². The van der Waals surface area contributed by atoms with Crippen molar-refractivity contribution in [2.45, 2.75) is 44.6 Å². The Morgan fingerprint density at radius 1 is 1.31 bits per heavy atom. The van der Waals surface area contributed by atoms with Gasteiger partial charge >= 0.3 is 6.03 Å². The highest BCUT2D eigenvalue weighted by molar-refractivity contribution is 5.74. The Balaban J connectivity index is 1.45. The molecule has 1 unspecified atom stereocenters. The third kappa shape index (κ3) is 3.11. The first-order valence-corrected chi connectivity index (χ1v) is 9.26. The monoisotopic (exact) mass is 351 g/mol. The minimum absolute atomic E-state index is 0.000119. The van der Waals surface area contributed by atoms with Crippen molar-refractivity contribution in [1.82, 2.24) is 20.2 Å². The quantitative estimate of drug-likeness (QED) is 0.871. The maximum absolute atomic E-state index is 12.7. The van der Waals surface area contributed by atoms with E-state index < -0.39 is 0 Å². The maximum Gasteiger partial charge on any atom is 0.317 e. The number of anilines is 1. The molecule has 1 spiro atoms. The van der Waals surface area contributed by atoms with Crippen molar-refractivity contribution >= 4 is 12.0 Å². The van der Waals surface area contributed by atoms with Gasteiger partial charge in [0.05, 0.1) is 5.69 Å². The number of hydrogen-bond acceptors (Lipinski definition) is 4. The number of nitrogens with one attached hydrogen (secondary N) is 1. The number of rotatable bonds is 2. The number of carbonyl (C=O) groups excluding carboxylic acids is 1. The van der Waals surface area contributed by atoms with E-state index in [0.717, 1.165) is 43.5 Å². The normalized spacial score (nSPS) is 21.7. The van der Waals surface area contributed by atoms with Gasteiger partial charge in [0.15, 0.2) is 0 Å². The fourth-order valence-electron chi connectivity index (χ4n) is 4.25. The molecule has 3 N–H and O–H groups in total. The van der Waals surface area contributed by atoms with Crippen molar-refractivity contribution in [3.63, 3.8) is 0 Å². The number of aromatic nitrogens is 2. The van der Waals surface area contributed by atoms with Crippen LogP contribution in [0.25, 0.3) is 0 Å². The Hall–Kier alpha value is -2.63. The van der Waals surface area contributed by atoms with Crippen LogP contribution in [0.1, 0.15) is 41.6 Å². The SMILES string of the molecule is Cc1ccc(CNC(=O)N2CCCC3(CCc4cnc(N)nc43)C2)cc1. The van der Waals surface area contributed by atoms with E-state index in [2.05, 4.69) is 46.5 Å². The second-order valence-electron chi connectivity index (χ2n) is 7.55. The first-order chi connectivity index (χ1) is 12.6. The van der Waals surface area contributed by atoms with E-state index in [1.54, 1.807) is 0 Å². The zero-order valence-electron chi connectivity index (χ0n) is 15.2. The number of nitrogens with two attached hydrogens (primary N) is 1. The fraction of sp³-hybridized carbons (Fsp3) is 0.450. The van der Waals surface area contributed by atoms with E-state index in [1.807, 2.05) is 11.1 Å². The highest BCUT2D eigenvalue weighted by Crippen LogP contribution is 2.43. The van der Waals surface area contributed by atoms with Crippen molar-refractivity contribution < 1.29 is 4.79 Å². The lowest BCUT2D eigenvalue weighted by molar-refractivity contribution is 0.147. The van der Waals surface area contributed by atoms with Gasteiger partial charge in [0, 0.05) is 31.2 Å². The lowest BCUT2D eigenvalue weighted by atomic mass is 9.77. The number of likely N-dealkylation sites (tertiary alicyclic amines) is 1. The number of fused-ring (bicyclic) bond motifs is 2. The molecule has 6 nitrogen and oxygen atoms in total. The molecule has 2 aliphatic rings. The zero-order chi connectivity index (χ0) is 18.1. The Kier molecular flexibility index (Phi) is 4.26. The number of aryl methyl sites for hydroxylation is 2. The zero-order valence-corrected chi connectivity index (χ0v) is 15.2. The molecule has 26 heavy (non-hydrogen) atoms. The van der Waals surface area contributed by atoms with Crippen LogP contribution in [-0.2, 0) is 18.4 Å². The van der Waals surface area contributed by atoms with Crippen LogP contribution in [0.2, 0.25) is 0 Å². The lowest BCUT2D eigenvalue weighted by Crippen LogP contribution is -2.51. The largest absolute Gasteiger partial charge is 0.368 e. The van der Waals surface area contributed by atoms with Gasteiger partial charge in [0.2, 0.25) is 5.95 Å². The topological polar surface area (TPSA) is 84.1 Å². The Labute approximate surface area is 153 Å². The smallest absolute Gasteiger partial charge is 0.317 e. The second-order valence-corrected chi connectivity index (χ2v) is 7.55. The number of nitrogens with zero attached hydrogens (tertiary/aromatic N) is 3. The summed E-state index contributed by atoms with van der Waals surface area (Å²) in [5.41, 5.74) is 10.3. The summed E-state index contributed by atoms with van der Waals surface area (Å²) < 4.78 is 0. The molecule has 2 aromatic rings. The third-order valence-electron chi connectivity index (χ3n) is 5.69. The summed E-state index contributed by atoms with van der Waals surface area (Å²) in [5.74, 6) is 0.325. The summed E-state index contributed by atoms with van der Waals surface area (Å²) in [6.07, 6.45) is 5.87. The molecule has 1 fully saturated rings. The molecule has 0 radical (unpaired) electrons. The van der Waals surface area contributed by atoms with E-state index in [4.69, 9.17) is 5.73 Å². The van der Waals surface area contributed by atoms with Crippen LogP contribution in [0.4, 0.5) is 10.7 Å². The molecule has 1 aromatic heterocycles. The van der Waals surface area contributed by atoms with Gasteiger partial charge in [-0.15, -0.1) is 0 Å². The molecular weight excluding hydrogens is 326 g/mol. The van der Waals surface area contributed by atoms with Crippen LogP contribution in [-0.4, -0.2) is 34.0 Å². The third-order valence-corrected chi connectivity index (χ3v) is 5.69. The Bertz CT molecular complexity index is 815. The van der Waals surface area contributed by atoms with Crippen molar-refractivity contribution in [3.05, 3.63) is 52.8 Å². The molecule has 0 bridgehead atoms. The predicted molar refractivity (Wildman–Crippen MR) is 101 cm³/mol. The number of nitrogen functional groups attached to an aromatic ring is 1. The van der Waals surface area contributed by atoms with Crippen LogP contribution in [0, 0.1) is 6.92 Å². The first-order valence-electron chi connectivity index (χ1n) is 9.26. The second kappa shape index (κ2) is 6.59. The standard InChI is InChI=1S/C20H25N5O/c1-14-3-5-15(6-4-14)11-23-19(26)25-10-2-8-20(13-25)9-7-16-12-22-18(21)24-17(16)20/h3-6,12H,2,7-11,13H2,1H3,(H,23,26)(H2,21,22,24). The van der Waals surface area contributed by atoms with Gasteiger partial charge < -0.3 is 16.0 Å². The Morgan fingerprint density at radius 3 is 2.92 bits per heavy atom. The minimum Gasteiger partial charge on any atom is -0.368 e. The molecule has 0 saturated carbocycles. The summed E-state index contributed by atoms with van der Waals surface area (Å²) in [6, 6.07) is 8.24. The fourth-order valence-corrected chi connectivity index (χ4v) is 4.25. The molecular formula is C20H25N5O. The maximum atomic E-state index is 12.7. The molecule has 1 saturated heterocycles. The van der Waals surface area contributed by atoms with Crippen molar-refractivity contribution in [3.8, 4) is 0 Å².